The van der Waals surface area contributed by atoms with E-state index in [2.05, 4.69) is 16.6 Å². The molecule has 0 aliphatic carbocycles. The number of nitrogens with zero attached hydrogens (tertiary/aromatic N) is 1. The molecule has 2 atom stereocenters. The summed E-state index contributed by atoms with van der Waals surface area (Å²) in [5, 5.41) is 5.69. The second kappa shape index (κ2) is 12.3. The summed E-state index contributed by atoms with van der Waals surface area (Å²) in [6.07, 6.45) is 5.53. The van der Waals surface area contributed by atoms with Crippen LogP contribution in [0.1, 0.15) is 22.7 Å². The van der Waals surface area contributed by atoms with Gasteiger partial charge in [0.25, 0.3) is 5.91 Å². The highest BCUT2D eigenvalue weighted by molar-refractivity contribution is 6.34. The van der Waals surface area contributed by atoms with Gasteiger partial charge in [0.05, 0.1) is 17.3 Å². The van der Waals surface area contributed by atoms with Crippen LogP contribution in [0.15, 0.2) is 72.8 Å². The molecule has 4 rings (SSSR count). The molecular weight excluding hydrogens is 506 g/mol. The Morgan fingerprint density at radius 1 is 1.11 bits per heavy atom. The molecule has 2 N–H and O–H groups in total. The van der Waals surface area contributed by atoms with Gasteiger partial charge in [0.15, 0.2) is 0 Å². The SMILES string of the molecule is C#Cc1ccc(NC(=O)C(Cc2ccccc2)N2C(=O)NC(c3ccc(OCCOC)cc3)C2=O)c(Cl)c1. The van der Waals surface area contributed by atoms with Crippen molar-refractivity contribution in [1.29, 1.82) is 0 Å². The summed E-state index contributed by atoms with van der Waals surface area (Å²) in [5.74, 6) is 1.99. The van der Waals surface area contributed by atoms with Crippen molar-refractivity contribution in [3.8, 4) is 18.1 Å². The number of carbonyl (C=O) groups excluding carboxylic acids is 3. The Hall–Kier alpha value is -4.32. The van der Waals surface area contributed by atoms with Gasteiger partial charge in [0, 0.05) is 19.1 Å². The maximum atomic E-state index is 13.5. The van der Waals surface area contributed by atoms with Gasteiger partial charge >= 0.3 is 6.03 Å². The maximum Gasteiger partial charge on any atom is 0.325 e. The van der Waals surface area contributed by atoms with E-state index in [1.807, 2.05) is 30.3 Å². The minimum atomic E-state index is -1.13. The molecule has 1 fully saturated rings. The number of rotatable bonds is 10. The smallest absolute Gasteiger partial charge is 0.325 e. The van der Waals surface area contributed by atoms with Crippen molar-refractivity contribution < 1.29 is 23.9 Å². The van der Waals surface area contributed by atoms with E-state index in [1.54, 1.807) is 49.6 Å². The number of nitrogens with one attached hydrogen (secondary N) is 2. The standard InChI is InChI=1S/C29H26ClN3O5/c1-3-19-9-14-24(23(30)17-19)31-27(34)25(18-20-7-5-4-6-8-20)33-28(35)26(32-29(33)36)21-10-12-22(13-11-21)38-16-15-37-2/h1,4-14,17,25-26H,15-16,18H2,2H3,(H,31,34)(H,32,36). The summed E-state index contributed by atoms with van der Waals surface area (Å²) in [5.41, 5.74) is 2.22. The summed E-state index contributed by atoms with van der Waals surface area (Å²) in [6, 6.07) is 18.0. The monoisotopic (exact) mass is 531 g/mol. The van der Waals surface area contributed by atoms with Crippen LogP contribution in [0.3, 0.4) is 0 Å². The van der Waals surface area contributed by atoms with E-state index in [9.17, 15) is 14.4 Å². The Morgan fingerprint density at radius 2 is 1.84 bits per heavy atom. The topological polar surface area (TPSA) is 97.0 Å². The van der Waals surface area contributed by atoms with Crippen LogP contribution >= 0.6 is 11.6 Å². The number of terminal acetylenes is 1. The third kappa shape index (κ3) is 6.14. The zero-order valence-electron chi connectivity index (χ0n) is 20.6. The van der Waals surface area contributed by atoms with E-state index in [0.29, 0.717) is 35.8 Å². The number of amides is 4. The molecule has 194 valence electrons. The van der Waals surface area contributed by atoms with Gasteiger partial charge in [-0.25, -0.2) is 9.69 Å². The summed E-state index contributed by atoms with van der Waals surface area (Å²) < 4.78 is 10.5. The van der Waals surface area contributed by atoms with E-state index in [-0.39, 0.29) is 11.4 Å². The van der Waals surface area contributed by atoms with E-state index >= 15 is 0 Å². The first-order chi connectivity index (χ1) is 18.4. The number of hydrogen-bond donors (Lipinski definition) is 2. The van der Waals surface area contributed by atoms with Crippen LogP contribution in [-0.4, -0.2) is 49.1 Å². The highest BCUT2D eigenvalue weighted by Gasteiger charge is 2.45. The van der Waals surface area contributed by atoms with Crippen LogP contribution in [-0.2, 0) is 20.7 Å². The van der Waals surface area contributed by atoms with Crippen molar-refractivity contribution in [2.75, 3.05) is 25.6 Å². The van der Waals surface area contributed by atoms with Crippen molar-refractivity contribution in [3.05, 3.63) is 94.5 Å². The fourth-order valence-corrected chi connectivity index (χ4v) is 4.30. The Bertz CT molecular complexity index is 1350. The van der Waals surface area contributed by atoms with Crippen molar-refractivity contribution in [3.63, 3.8) is 0 Å². The molecule has 1 aliphatic heterocycles. The Kier molecular flexibility index (Phi) is 8.64. The summed E-state index contributed by atoms with van der Waals surface area (Å²) >= 11 is 6.30. The molecule has 2 unspecified atom stereocenters. The molecule has 0 aromatic heterocycles. The molecule has 0 radical (unpaired) electrons. The maximum absolute atomic E-state index is 13.5. The molecule has 3 aromatic carbocycles. The van der Waals surface area contributed by atoms with Gasteiger partial charge in [0.1, 0.15) is 24.4 Å². The van der Waals surface area contributed by atoms with Crippen LogP contribution in [0, 0.1) is 12.3 Å². The number of halogens is 1. The normalized spacial score (nSPS) is 15.5. The van der Waals surface area contributed by atoms with Crippen molar-refractivity contribution in [2.24, 2.45) is 0 Å². The van der Waals surface area contributed by atoms with Crippen LogP contribution in [0.4, 0.5) is 10.5 Å². The Labute approximate surface area is 225 Å². The molecule has 38 heavy (non-hydrogen) atoms. The highest BCUT2D eigenvalue weighted by atomic mass is 35.5. The molecule has 1 saturated heterocycles. The third-order valence-corrected chi connectivity index (χ3v) is 6.33. The van der Waals surface area contributed by atoms with Crippen molar-refractivity contribution >= 4 is 35.1 Å². The number of urea groups is 1. The lowest BCUT2D eigenvalue weighted by molar-refractivity contribution is -0.134. The van der Waals surface area contributed by atoms with Crippen LogP contribution in [0.2, 0.25) is 5.02 Å². The van der Waals surface area contributed by atoms with E-state index in [1.165, 1.54) is 0 Å². The molecule has 0 bridgehead atoms. The van der Waals surface area contributed by atoms with E-state index in [4.69, 9.17) is 27.5 Å². The number of hydrogen-bond acceptors (Lipinski definition) is 5. The molecule has 3 aromatic rings. The number of benzene rings is 3. The average Bonchev–Trinajstić information content (AvgIpc) is 3.22. The predicted molar refractivity (Wildman–Crippen MR) is 144 cm³/mol. The molecule has 4 amide bonds. The molecule has 0 spiro atoms. The van der Waals surface area contributed by atoms with Crippen molar-refractivity contribution in [1.82, 2.24) is 10.2 Å². The first-order valence-electron chi connectivity index (χ1n) is 11.9. The van der Waals surface area contributed by atoms with Crippen LogP contribution < -0.4 is 15.4 Å². The molecule has 1 heterocycles. The fourth-order valence-electron chi connectivity index (χ4n) is 4.08. The zero-order valence-corrected chi connectivity index (χ0v) is 21.4. The number of imide groups is 1. The summed E-state index contributed by atoms with van der Waals surface area (Å²) in [6.45, 7) is 0.826. The molecule has 9 heteroatoms. The summed E-state index contributed by atoms with van der Waals surface area (Å²) in [4.78, 5) is 41.1. The number of anilines is 1. The van der Waals surface area contributed by atoms with Gasteiger partial charge in [-0.1, -0.05) is 60.0 Å². The van der Waals surface area contributed by atoms with E-state index < -0.39 is 29.9 Å². The van der Waals surface area contributed by atoms with Crippen LogP contribution in [0.25, 0.3) is 0 Å². The van der Waals surface area contributed by atoms with Crippen LogP contribution in [0.5, 0.6) is 5.75 Å². The minimum Gasteiger partial charge on any atom is -0.491 e. The zero-order chi connectivity index (χ0) is 27.1. The second-order valence-electron chi connectivity index (χ2n) is 8.53. The Balaban J connectivity index is 1.57. The van der Waals surface area contributed by atoms with Gasteiger partial charge in [0.2, 0.25) is 5.91 Å². The lowest BCUT2D eigenvalue weighted by Crippen LogP contribution is -2.49. The fraction of sp³-hybridized carbons (Fsp3) is 0.207. The highest BCUT2D eigenvalue weighted by Crippen LogP contribution is 2.28. The van der Waals surface area contributed by atoms with Gasteiger partial charge < -0.3 is 20.1 Å². The number of methoxy groups -OCH3 is 1. The van der Waals surface area contributed by atoms with E-state index in [0.717, 1.165) is 10.5 Å². The van der Waals surface area contributed by atoms with Crippen molar-refractivity contribution in [2.45, 2.75) is 18.5 Å². The number of carbonyl (C=O) groups is 3. The van der Waals surface area contributed by atoms with Gasteiger partial charge in [-0.2, -0.15) is 0 Å². The first-order valence-corrected chi connectivity index (χ1v) is 12.2. The quantitative estimate of drug-likeness (QED) is 0.232. The van der Waals surface area contributed by atoms with Gasteiger partial charge in [-0.15, -0.1) is 6.42 Å². The predicted octanol–water partition coefficient (Wildman–Crippen LogP) is 4.19. The molecular formula is C29H26ClN3O5. The molecule has 8 nitrogen and oxygen atoms in total. The molecule has 0 saturated carbocycles. The Morgan fingerprint density at radius 3 is 2.50 bits per heavy atom. The summed E-state index contributed by atoms with van der Waals surface area (Å²) in [7, 11) is 1.58. The van der Waals surface area contributed by atoms with Gasteiger partial charge in [-0.05, 0) is 41.5 Å². The minimum absolute atomic E-state index is 0.116. The first kappa shape index (κ1) is 26.7. The lowest BCUT2D eigenvalue weighted by atomic mass is 10.0. The largest absolute Gasteiger partial charge is 0.491 e. The van der Waals surface area contributed by atoms with Gasteiger partial charge in [-0.3, -0.25) is 9.59 Å². The number of ether oxygens (including phenoxy) is 2. The molecule has 1 aliphatic rings. The third-order valence-electron chi connectivity index (χ3n) is 6.02. The second-order valence-corrected chi connectivity index (χ2v) is 8.94. The lowest BCUT2D eigenvalue weighted by Gasteiger charge is -2.25. The average molecular weight is 532 g/mol.